The van der Waals surface area contributed by atoms with Gasteiger partial charge in [-0.25, -0.2) is 0 Å². The first kappa shape index (κ1) is 20.5. The third kappa shape index (κ3) is 5.32. The molecule has 0 fully saturated rings. The minimum absolute atomic E-state index is 0.0889. The normalized spacial score (nSPS) is 11.0. The van der Waals surface area contributed by atoms with Crippen molar-refractivity contribution < 1.29 is 9.53 Å². The van der Waals surface area contributed by atoms with Crippen LogP contribution in [-0.2, 0) is 11.4 Å². The Hall–Kier alpha value is -1.85. The summed E-state index contributed by atoms with van der Waals surface area (Å²) >= 11 is 5.71. The van der Waals surface area contributed by atoms with Crippen LogP contribution in [0.4, 0.5) is 0 Å². The predicted molar refractivity (Wildman–Crippen MR) is 115 cm³/mol. The summed E-state index contributed by atoms with van der Waals surface area (Å²) in [6, 6.07) is 13.9. The van der Waals surface area contributed by atoms with E-state index in [1.165, 1.54) is 10.5 Å². The Bertz CT molecular complexity index is 861. The van der Waals surface area contributed by atoms with E-state index in [1.807, 2.05) is 37.3 Å². The van der Waals surface area contributed by atoms with Crippen LogP contribution in [0, 0.1) is 21.8 Å². The van der Waals surface area contributed by atoms with E-state index in [0.717, 1.165) is 24.9 Å². The maximum absolute atomic E-state index is 12.0. The van der Waals surface area contributed by atoms with Crippen molar-refractivity contribution in [3.8, 4) is 11.8 Å². The van der Waals surface area contributed by atoms with Crippen LogP contribution < -0.4 is 4.74 Å². The molecule has 1 amide bonds. The largest absolute Gasteiger partial charge is 0.487 e. The van der Waals surface area contributed by atoms with Crippen molar-refractivity contribution in [2.45, 2.75) is 13.5 Å². The SMILES string of the molecule is Cc1ccc(COc2c(Br)cc(/C=C(/C#N)C(=O)N(C)C)cc2I)cc1. The molecule has 0 bridgehead atoms. The Morgan fingerprint density at radius 3 is 2.50 bits per heavy atom. The molecule has 0 aliphatic rings. The van der Waals surface area contributed by atoms with Gasteiger partial charge in [0.2, 0.25) is 0 Å². The highest BCUT2D eigenvalue weighted by atomic mass is 127. The molecule has 0 aliphatic heterocycles. The molecule has 0 radical (unpaired) electrons. The van der Waals surface area contributed by atoms with Crippen LogP contribution in [0.2, 0.25) is 0 Å². The minimum Gasteiger partial charge on any atom is -0.487 e. The smallest absolute Gasteiger partial charge is 0.264 e. The number of aryl methyl sites for hydroxylation is 1. The van der Waals surface area contributed by atoms with Crippen LogP contribution in [0.3, 0.4) is 0 Å². The summed E-state index contributed by atoms with van der Waals surface area (Å²) in [5.74, 6) is 0.416. The highest BCUT2D eigenvalue weighted by molar-refractivity contribution is 14.1. The number of hydrogen-bond donors (Lipinski definition) is 0. The van der Waals surface area contributed by atoms with Crippen molar-refractivity contribution in [2.24, 2.45) is 0 Å². The van der Waals surface area contributed by atoms with E-state index in [1.54, 1.807) is 20.2 Å². The van der Waals surface area contributed by atoms with Crippen LogP contribution in [0.5, 0.6) is 5.75 Å². The minimum atomic E-state index is -0.321. The molecule has 0 N–H and O–H groups in total. The van der Waals surface area contributed by atoms with Crippen molar-refractivity contribution in [3.05, 3.63) is 66.7 Å². The van der Waals surface area contributed by atoms with E-state index in [4.69, 9.17) is 4.74 Å². The molecular formula is C20H18BrIN2O2. The average Bonchev–Trinajstić information content (AvgIpc) is 2.59. The first-order valence-corrected chi connectivity index (χ1v) is 9.70. The molecule has 4 nitrogen and oxygen atoms in total. The molecule has 2 aromatic rings. The number of carbonyl (C=O) groups excluding carboxylic acids is 1. The average molecular weight is 525 g/mol. The standard InChI is InChI=1S/C20H18BrIN2O2/c1-13-4-6-14(7-5-13)12-26-19-17(21)9-15(10-18(19)22)8-16(11-23)20(25)24(2)3/h4-10H,12H2,1-3H3/b16-8-. The highest BCUT2D eigenvalue weighted by Crippen LogP contribution is 2.33. The van der Waals surface area contributed by atoms with E-state index in [9.17, 15) is 10.1 Å². The number of hydrogen-bond acceptors (Lipinski definition) is 3. The van der Waals surface area contributed by atoms with Crippen LogP contribution in [-0.4, -0.2) is 24.9 Å². The molecule has 2 aromatic carbocycles. The molecule has 0 aromatic heterocycles. The van der Waals surface area contributed by atoms with Gasteiger partial charge in [0.1, 0.15) is 24.0 Å². The van der Waals surface area contributed by atoms with Gasteiger partial charge in [-0.3, -0.25) is 4.79 Å². The lowest BCUT2D eigenvalue weighted by Gasteiger charge is -2.12. The number of ether oxygens (including phenoxy) is 1. The Morgan fingerprint density at radius 1 is 1.31 bits per heavy atom. The zero-order chi connectivity index (χ0) is 19.3. The molecule has 0 aliphatic carbocycles. The maximum Gasteiger partial charge on any atom is 0.264 e. The fourth-order valence-electron chi connectivity index (χ4n) is 2.19. The van der Waals surface area contributed by atoms with E-state index in [-0.39, 0.29) is 11.5 Å². The number of likely N-dealkylation sites (N-methyl/N-ethyl adjacent to an activating group) is 1. The molecule has 0 saturated heterocycles. The van der Waals surface area contributed by atoms with E-state index in [0.29, 0.717) is 6.61 Å². The van der Waals surface area contributed by atoms with Gasteiger partial charge in [-0.15, -0.1) is 0 Å². The molecule has 134 valence electrons. The first-order chi connectivity index (χ1) is 12.3. The molecule has 0 heterocycles. The van der Waals surface area contributed by atoms with Crippen molar-refractivity contribution in [2.75, 3.05) is 14.1 Å². The molecule has 0 unspecified atom stereocenters. The van der Waals surface area contributed by atoms with Crippen molar-refractivity contribution in [1.29, 1.82) is 5.26 Å². The van der Waals surface area contributed by atoms with Gasteiger partial charge in [-0.1, -0.05) is 29.8 Å². The predicted octanol–water partition coefficient (Wildman–Crippen LogP) is 4.94. The Balaban J connectivity index is 2.23. The Labute approximate surface area is 175 Å². The van der Waals surface area contributed by atoms with Crippen molar-refractivity contribution in [3.63, 3.8) is 0 Å². The van der Waals surface area contributed by atoms with Crippen molar-refractivity contribution >= 4 is 50.5 Å². The van der Waals surface area contributed by atoms with Crippen molar-refractivity contribution in [1.82, 2.24) is 4.90 Å². The first-order valence-electron chi connectivity index (χ1n) is 7.82. The number of benzene rings is 2. The fourth-order valence-corrected chi connectivity index (χ4v) is 3.96. The zero-order valence-corrected chi connectivity index (χ0v) is 18.5. The van der Waals surface area contributed by atoms with Gasteiger partial charge in [0.25, 0.3) is 5.91 Å². The molecule has 0 saturated carbocycles. The molecule has 6 heteroatoms. The summed E-state index contributed by atoms with van der Waals surface area (Å²) in [5, 5.41) is 9.23. The Kier molecular flexibility index (Phi) is 7.23. The number of amides is 1. The fraction of sp³-hybridized carbons (Fsp3) is 0.200. The monoisotopic (exact) mass is 524 g/mol. The highest BCUT2D eigenvalue weighted by Gasteiger charge is 2.13. The molecule has 0 atom stereocenters. The van der Waals surface area contributed by atoms with Gasteiger partial charge in [-0.2, -0.15) is 5.26 Å². The quantitative estimate of drug-likeness (QED) is 0.316. The number of carbonyl (C=O) groups is 1. The lowest BCUT2D eigenvalue weighted by Crippen LogP contribution is -2.22. The summed E-state index contributed by atoms with van der Waals surface area (Å²) in [6.45, 7) is 2.51. The van der Waals surface area contributed by atoms with Crippen LogP contribution in [0.25, 0.3) is 6.08 Å². The topological polar surface area (TPSA) is 53.3 Å². The second-order valence-electron chi connectivity index (χ2n) is 5.96. The number of halogens is 2. The lowest BCUT2D eigenvalue weighted by molar-refractivity contribution is -0.124. The number of nitrogens with zero attached hydrogens (tertiary/aromatic N) is 2. The van der Waals surface area contributed by atoms with Gasteiger partial charge in [0.15, 0.2) is 0 Å². The third-order valence-corrected chi connectivity index (χ3v) is 4.98. The van der Waals surface area contributed by atoms with Gasteiger partial charge in [-0.05, 0) is 74.8 Å². The second-order valence-corrected chi connectivity index (χ2v) is 7.97. The van der Waals surface area contributed by atoms with Crippen LogP contribution >= 0.6 is 38.5 Å². The van der Waals surface area contributed by atoms with E-state index >= 15 is 0 Å². The van der Waals surface area contributed by atoms with E-state index in [2.05, 4.69) is 50.7 Å². The van der Waals surface area contributed by atoms with Gasteiger partial charge in [0, 0.05) is 14.1 Å². The summed E-state index contributed by atoms with van der Waals surface area (Å²) in [5.41, 5.74) is 3.15. The van der Waals surface area contributed by atoms with Gasteiger partial charge < -0.3 is 9.64 Å². The number of rotatable bonds is 5. The summed E-state index contributed by atoms with van der Waals surface area (Å²) in [6.07, 6.45) is 1.58. The molecule has 0 spiro atoms. The van der Waals surface area contributed by atoms with E-state index < -0.39 is 0 Å². The number of nitriles is 1. The Morgan fingerprint density at radius 2 is 1.96 bits per heavy atom. The molecule has 2 rings (SSSR count). The van der Waals surface area contributed by atoms with Gasteiger partial charge >= 0.3 is 0 Å². The lowest BCUT2D eigenvalue weighted by atomic mass is 10.1. The summed E-state index contributed by atoms with van der Waals surface area (Å²) in [4.78, 5) is 13.4. The summed E-state index contributed by atoms with van der Waals surface area (Å²) in [7, 11) is 3.24. The summed E-state index contributed by atoms with van der Waals surface area (Å²) < 4.78 is 7.62. The second kappa shape index (κ2) is 9.19. The molecular weight excluding hydrogens is 507 g/mol. The zero-order valence-electron chi connectivity index (χ0n) is 14.7. The third-order valence-electron chi connectivity index (χ3n) is 3.59. The van der Waals surface area contributed by atoms with Crippen LogP contribution in [0.15, 0.2) is 46.4 Å². The van der Waals surface area contributed by atoms with Gasteiger partial charge in [0.05, 0.1) is 8.04 Å². The van der Waals surface area contributed by atoms with Crippen LogP contribution in [0.1, 0.15) is 16.7 Å². The molecule has 26 heavy (non-hydrogen) atoms. The maximum atomic E-state index is 12.0.